The zero-order chi connectivity index (χ0) is 20.2. The zero-order valence-corrected chi connectivity index (χ0v) is 16.8. The van der Waals surface area contributed by atoms with Crippen LogP contribution in [-0.2, 0) is 5.75 Å². The molecular weight excluding hydrogens is 391 g/mol. The Labute approximate surface area is 172 Å². The molecule has 2 aromatic heterocycles. The van der Waals surface area contributed by atoms with Crippen molar-refractivity contribution in [2.45, 2.75) is 23.7 Å². The van der Waals surface area contributed by atoms with Gasteiger partial charge in [-0.25, -0.2) is 4.39 Å². The van der Waals surface area contributed by atoms with Gasteiger partial charge in [-0.15, -0.1) is 10.2 Å². The number of amides is 1. The van der Waals surface area contributed by atoms with Crippen LogP contribution >= 0.6 is 11.8 Å². The smallest absolute Gasteiger partial charge is 0.289 e. The summed E-state index contributed by atoms with van der Waals surface area (Å²) in [6, 6.07) is 13.7. The highest BCUT2D eigenvalue weighted by Gasteiger charge is 2.23. The summed E-state index contributed by atoms with van der Waals surface area (Å²) in [5, 5.41) is 12.5. The minimum Gasteiger partial charge on any atom is -0.455 e. The molecule has 0 saturated carbocycles. The van der Waals surface area contributed by atoms with Crippen LogP contribution < -0.4 is 5.32 Å². The average Bonchev–Trinajstić information content (AvgIpc) is 3.22. The molecule has 1 aromatic carbocycles. The summed E-state index contributed by atoms with van der Waals surface area (Å²) in [4.78, 5) is 14.4. The number of nitrogens with one attached hydrogen (secondary N) is 1. The summed E-state index contributed by atoms with van der Waals surface area (Å²) in [7, 11) is 0. The molecule has 1 aliphatic heterocycles. The van der Waals surface area contributed by atoms with E-state index in [4.69, 9.17) is 4.42 Å². The third kappa shape index (κ3) is 4.83. The standard InChI is InChI=1S/C21H21FN4O2S/c1-14-12-26(11-10-23-14)21(27)19-8-6-17(28-19)13-29-20-9-7-18(24-25-20)15-2-4-16(22)5-3-15/h2-9,14,23H,10-13H2,1H3. The first kappa shape index (κ1) is 19.6. The molecule has 1 N–H and O–H groups in total. The van der Waals surface area contributed by atoms with Crippen LogP contribution in [0.4, 0.5) is 4.39 Å². The van der Waals surface area contributed by atoms with Crippen molar-refractivity contribution in [3.8, 4) is 11.3 Å². The second-order valence-electron chi connectivity index (χ2n) is 6.92. The maximum absolute atomic E-state index is 13.0. The van der Waals surface area contributed by atoms with Gasteiger partial charge in [0.25, 0.3) is 5.91 Å². The largest absolute Gasteiger partial charge is 0.455 e. The number of carbonyl (C=O) groups is 1. The second-order valence-corrected chi connectivity index (χ2v) is 7.92. The lowest BCUT2D eigenvalue weighted by atomic mass is 10.1. The molecule has 0 bridgehead atoms. The Morgan fingerprint density at radius 2 is 2.03 bits per heavy atom. The van der Waals surface area contributed by atoms with E-state index in [-0.39, 0.29) is 17.8 Å². The molecule has 0 aliphatic carbocycles. The van der Waals surface area contributed by atoms with Crippen LogP contribution in [0.3, 0.4) is 0 Å². The third-order valence-electron chi connectivity index (χ3n) is 4.67. The molecule has 6 nitrogen and oxygen atoms in total. The lowest BCUT2D eigenvalue weighted by Crippen LogP contribution is -2.51. The number of rotatable bonds is 5. The monoisotopic (exact) mass is 412 g/mol. The maximum atomic E-state index is 13.0. The van der Waals surface area contributed by atoms with Crippen LogP contribution in [0.25, 0.3) is 11.3 Å². The van der Waals surface area contributed by atoms with Crippen molar-refractivity contribution in [2.24, 2.45) is 0 Å². The lowest BCUT2D eigenvalue weighted by Gasteiger charge is -2.31. The predicted molar refractivity (Wildman–Crippen MR) is 109 cm³/mol. The van der Waals surface area contributed by atoms with Gasteiger partial charge in [0.15, 0.2) is 5.76 Å². The van der Waals surface area contributed by atoms with E-state index >= 15 is 0 Å². The van der Waals surface area contributed by atoms with E-state index < -0.39 is 0 Å². The molecular formula is C21H21FN4O2S. The number of nitrogens with zero attached hydrogens (tertiary/aromatic N) is 3. The fraction of sp³-hybridized carbons (Fsp3) is 0.286. The summed E-state index contributed by atoms with van der Waals surface area (Å²) in [5.74, 6) is 1.28. The lowest BCUT2D eigenvalue weighted by molar-refractivity contribution is 0.0675. The van der Waals surface area contributed by atoms with Crippen molar-refractivity contribution in [3.05, 3.63) is 65.9 Å². The third-order valence-corrected chi connectivity index (χ3v) is 5.61. The van der Waals surface area contributed by atoms with Crippen LogP contribution in [0.15, 0.2) is 58.0 Å². The van der Waals surface area contributed by atoms with Gasteiger partial charge in [-0.1, -0.05) is 11.8 Å². The molecule has 3 heterocycles. The molecule has 150 valence electrons. The number of aromatic nitrogens is 2. The molecule has 8 heteroatoms. The topological polar surface area (TPSA) is 71.3 Å². The van der Waals surface area contributed by atoms with E-state index in [0.717, 1.165) is 17.1 Å². The van der Waals surface area contributed by atoms with Crippen molar-refractivity contribution in [1.29, 1.82) is 0 Å². The summed E-state index contributed by atoms with van der Waals surface area (Å²) in [6.07, 6.45) is 0. The minimum atomic E-state index is -0.281. The number of halogens is 1. The van der Waals surface area contributed by atoms with Crippen molar-refractivity contribution in [1.82, 2.24) is 20.4 Å². The van der Waals surface area contributed by atoms with Crippen LogP contribution in [0.2, 0.25) is 0 Å². The molecule has 29 heavy (non-hydrogen) atoms. The number of piperazine rings is 1. The Hall–Kier alpha value is -2.71. The van der Waals surface area contributed by atoms with Crippen molar-refractivity contribution < 1.29 is 13.6 Å². The molecule has 1 atom stereocenters. The molecule has 0 radical (unpaired) electrons. The fourth-order valence-electron chi connectivity index (χ4n) is 3.16. The molecule has 1 aliphatic rings. The normalized spacial score (nSPS) is 16.8. The van der Waals surface area contributed by atoms with Crippen molar-refractivity contribution >= 4 is 17.7 Å². The highest BCUT2D eigenvalue weighted by Crippen LogP contribution is 2.24. The Morgan fingerprint density at radius 1 is 1.21 bits per heavy atom. The maximum Gasteiger partial charge on any atom is 0.289 e. The quantitative estimate of drug-likeness (QED) is 0.646. The van der Waals surface area contributed by atoms with E-state index in [1.54, 1.807) is 18.2 Å². The number of furan rings is 1. The van der Waals surface area contributed by atoms with Crippen LogP contribution in [0.5, 0.6) is 0 Å². The van der Waals surface area contributed by atoms with Gasteiger partial charge in [0, 0.05) is 31.2 Å². The average molecular weight is 412 g/mol. The minimum absolute atomic E-state index is 0.0713. The van der Waals surface area contributed by atoms with Gasteiger partial charge >= 0.3 is 0 Å². The van der Waals surface area contributed by atoms with Gasteiger partial charge in [-0.05, 0) is 55.5 Å². The van der Waals surface area contributed by atoms with E-state index in [2.05, 4.69) is 22.4 Å². The Kier molecular flexibility index (Phi) is 5.92. The van der Waals surface area contributed by atoms with E-state index in [1.165, 1.54) is 23.9 Å². The van der Waals surface area contributed by atoms with Gasteiger partial charge in [0.1, 0.15) is 16.6 Å². The second kappa shape index (κ2) is 8.75. The SMILES string of the molecule is CC1CN(C(=O)c2ccc(CSc3ccc(-c4ccc(F)cc4)nn3)o2)CCN1. The molecule has 3 aromatic rings. The summed E-state index contributed by atoms with van der Waals surface area (Å²) < 4.78 is 18.8. The number of carbonyl (C=O) groups excluding carboxylic acids is 1. The van der Waals surface area contributed by atoms with E-state index in [9.17, 15) is 9.18 Å². The van der Waals surface area contributed by atoms with E-state index in [1.807, 2.05) is 23.1 Å². The molecule has 1 fully saturated rings. The molecule has 0 spiro atoms. The Morgan fingerprint density at radius 3 is 2.76 bits per heavy atom. The molecule has 4 rings (SSSR count). The van der Waals surface area contributed by atoms with Gasteiger partial charge < -0.3 is 14.6 Å². The number of hydrogen-bond acceptors (Lipinski definition) is 6. The van der Waals surface area contributed by atoms with Crippen LogP contribution in [-0.4, -0.2) is 46.7 Å². The highest BCUT2D eigenvalue weighted by atomic mass is 32.2. The first-order valence-electron chi connectivity index (χ1n) is 9.42. The summed E-state index contributed by atoms with van der Waals surface area (Å²) in [5.41, 5.74) is 1.50. The molecule has 1 unspecified atom stereocenters. The predicted octanol–water partition coefficient (Wildman–Crippen LogP) is 3.60. The van der Waals surface area contributed by atoms with Crippen LogP contribution in [0.1, 0.15) is 23.2 Å². The Bertz CT molecular complexity index is 975. The van der Waals surface area contributed by atoms with Crippen molar-refractivity contribution in [3.63, 3.8) is 0 Å². The number of hydrogen-bond donors (Lipinski definition) is 1. The summed E-state index contributed by atoms with van der Waals surface area (Å²) in [6.45, 7) is 4.22. The summed E-state index contributed by atoms with van der Waals surface area (Å²) >= 11 is 1.48. The zero-order valence-electron chi connectivity index (χ0n) is 16.0. The molecule has 1 saturated heterocycles. The van der Waals surface area contributed by atoms with Gasteiger partial charge in [0.05, 0.1) is 11.4 Å². The first-order chi connectivity index (χ1) is 14.1. The van der Waals surface area contributed by atoms with Crippen molar-refractivity contribution in [2.75, 3.05) is 19.6 Å². The molecule has 1 amide bonds. The van der Waals surface area contributed by atoms with Crippen LogP contribution in [0, 0.1) is 5.82 Å². The van der Waals surface area contributed by atoms with E-state index in [0.29, 0.717) is 36.1 Å². The fourth-order valence-corrected chi connectivity index (χ4v) is 3.87. The number of thioether (sulfide) groups is 1. The number of benzene rings is 1. The van der Waals surface area contributed by atoms with Gasteiger partial charge in [0.2, 0.25) is 0 Å². The van der Waals surface area contributed by atoms with Gasteiger partial charge in [-0.2, -0.15) is 0 Å². The first-order valence-corrected chi connectivity index (χ1v) is 10.4. The Balaban J connectivity index is 1.35. The highest BCUT2D eigenvalue weighted by molar-refractivity contribution is 7.98. The van der Waals surface area contributed by atoms with Gasteiger partial charge in [-0.3, -0.25) is 4.79 Å².